The van der Waals surface area contributed by atoms with Crippen LogP contribution < -0.4 is 5.32 Å². The Kier molecular flexibility index (Phi) is 5.46. The summed E-state index contributed by atoms with van der Waals surface area (Å²) in [5, 5.41) is 3.50. The van der Waals surface area contributed by atoms with Gasteiger partial charge in [-0.05, 0) is 25.0 Å². The Morgan fingerprint density at radius 2 is 2.04 bits per heavy atom. The summed E-state index contributed by atoms with van der Waals surface area (Å²) in [5.41, 5.74) is 3.70. The first kappa shape index (κ1) is 18.9. The molecule has 0 unspecified atom stereocenters. The summed E-state index contributed by atoms with van der Waals surface area (Å²) >= 11 is 1.41. The first-order valence-corrected chi connectivity index (χ1v) is 9.59. The molecule has 1 N–H and O–H groups in total. The van der Waals surface area contributed by atoms with E-state index in [1.165, 1.54) is 16.9 Å². The predicted molar refractivity (Wildman–Crippen MR) is 113 cm³/mol. The Morgan fingerprint density at radius 3 is 2.67 bits per heavy atom. The highest BCUT2D eigenvalue weighted by Crippen LogP contribution is 2.33. The van der Waals surface area contributed by atoms with Crippen LogP contribution in [0.1, 0.15) is 33.5 Å². The van der Waals surface area contributed by atoms with Crippen LogP contribution in [0.2, 0.25) is 0 Å². The van der Waals surface area contributed by atoms with Gasteiger partial charge in [0.15, 0.2) is 4.96 Å². The monoisotopic (exact) mass is 380 g/mol. The lowest BCUT2D eigenvalue weighted by atomic mass is 10.2. The van der Waals surface area contributed by atoms with E-state index in [0.717, 1.165) is 27.7 Å². The van der Waals surface area contributed by atoms with E-state index in [9.17, 15) is 4.79 Å². The number of imidazole rings is 1. The molecule has 2 heterocycles. The topological polar surface area (TPSA) is 49.6 Å². The summed E-state index contributed by atoms with van der Waals surface area (Å²) in [6.45, 7) is 8.73. The van der Waals surface area contributed by atoms with E-state index in [1.54, 1.807) is 19.0 Å². The van der Waals surface area contributed by atoms with Crippen LogP contribution >= 0.6 is 11.3 Å². The third kappa shape index (κ3) is 3.66. The number of hydrogen-bond acceptors (Lipinski definition) is 4. The Morgan fingerprint density at radius 1 is 1.33 bits per heavy atom. The lowest BCUT2D eigenvalue weighted by Crippen LogP contribution is -2.21. The number of nitrogens with one attached hydrogen (secondary N) is 1. The number of hydrogen-bond donors (Lipinski definition) is 1. The minimum Gasteiger partial charge on any atom is -0.365 e. The first-order chi connectivity index (χ1) is 12.9. The second kappa shape index (κ2) is 7.80. The fourth-order valence-electron chi connectivity index (χ4n) is 2.90. The maximum Gasteiger partial charge on any atom is 0.265 e. The molecular formula is C21H24N4OS. The molecule has 0 aliphatic rings. The SMILES string of the molecule is C=C(/C=C\C)c1nc2sc(C(=O)N(C)C)c(C)n2c1NCc1ccccc1. The predicted octanol–water partition coefficient (Wildman–Crippen LogP) is 4.61. The zero-order chi connectivity index (χ0) is 19.6. The quantitative estimate of drug-likeness (QED) is 0.636. The zero-order valence-electron chi connectivity index (χ0n) is 16.1. The van der Waals surface area contributed by atoms with Gasteiger partial charge < -0.3 is 10.2 Å². The maximum atomic E-state index is 12.5. The number of benzene rings is 1. The molecule has 6 heteroatoms. The molecule has 0 aliphatic heterocycles. The minimum absolute atomic E-state index is 0.00848. The van der Waals surface area contributed by atoms with Gasteiger partial charge >= 0.3 is 0 Å². The third-order valence-electron chi connectivity index (χ3n) is 4.28. The first-order valence-electron chi connectivity index (χ1n) is 8.77. The van der Waals surface area contributed by atoms with E-state index in [2.05, 4.69) is 24.0 Å². The van der Waals surface area contributed by atoms with Gasteiger partial charge in [-0.2, -0.15) is 0 Å². The van der Waals surface area contributed by atoms with Gasteiger partial charge in [0.2, 0.25) is 0 Å². The van der Waals surface area contributed by atoms with Crippen molar-refractivity contribution in [3.8, 4) is 0 Å². The van der Waals surface area contributed by atoms with Crippen LogP contribution in [0.15, 0.2) is 49.1 Å². The summed E-state index contributed by atoms with van der Waals surface area (Å²) in [6.07, 6.45) is 3.89. The van der Waals surface area contributed by atoms with E-state index < -0.39 is 0 Å². The number of amides is 1. The van der Waals surface area contributed by atoms with Gasteiger partial charge in [0.1, 0.15) is 16.4 Å². The van der Waals surface area contributed by atoms with Gasteiger partial charge in [-0.15, -0.1) is 0 Å². The highest BCUT2D eigenvalue weighted by Gasteiger charge is 2.23. The molecule has 2 aromatic heterocycles. The number of rotatable bonds is 6. The molecule has 0 bridgehead atoms. The van der Waals surface area contributed by atoms with E-state index >= 15 is 0 Å². The standard InChI is InChI=1S/C21H24N4OS/c1-6-10-14(2)17-19(22-13-16-11-8-7-9-12-16)25-15(3)18(20(26)24(4)5)27-21(25)23-17/h6-12,22H,2,13H2,1,3-5H3/b10-6-. The molecule has 0 saturated heterocycles. The lowest BCUT2D eigenvalue weighted by molar-refractivity contribution is 0.0831. The second-order valence-corrected chi connectivity index (χ2v) is 7.49. The van der Waals surface area contributed by atoms with Gasteiger partial charge in [-0.3, -0.25) is 9.20 Å². The Labute approximate surface area is 163 Å². The number of nitrogens with zero attached hydrogens (tertiary/aromatic N) is 3. The van der Waals surface area contributed by atoms with Crippen molar-refractivity contribution < 1.29 is 4.79 Å². The summed E-state index contributed by atoms with van der Waals surface area (Å²) in [4.78, 5) is 20.3. The van der Waals surface area contributed by atoms with Gasteiger partial charge in [0, 0.05) is 26.3 Å². The number of carbonyl (C=O) groups excluding carboxylic acids is 1. The highest BCUT2D eigenvalue weighted by molar-refractivity contribution is 7.19. The minimum atomic E-state index is -0.00848. The fourth-order valence-corrected chi connectivity index (χ4v) is 4.04. The van der Waals surface area contributed by atoms with Gasteiger partial charge in [-0.25, -0.2) is 4.98 Å². The van der Waals surface area contributed by atoms with Crippen molar-refractivity contribution in [3.05, 3.63) is 70.9 Å². The second-order valence-electron chi connectivity index (χ2n) is 6.51. The summed E-state index contributed by atoms with van der Waals surface area (Å²) in [5.74, 6) is 0.856. The lowest BCUT2D eigenvalue weighted by Gasteiger charge is -2.11. The molecule has 1 amide bonds. The van der Waals surface area contributed by atoms with E-state index in [0.29, 0.717) is 11.4 Å². The van der Waals surface area contributed by atoms with Gasteiger partial charge in [-0.1, -0.05) is 60.4 Å². The van der Waals surface area contributed by atoms with Gasteiger partial charge in [0.25, 0.3) is 5.91 Å². The third-order valence-corrected chi connectivity index (χ3v) is 5.41. The number of aromatic nitrogens is 2. The molecule has 0 atom stereocenters. The van der Waals surface area contributed by atoms with Crippen molar-refractivity contribution in [2.75, 3.05) is 19.4 Å². The number of aryl methyl sites for hydroxylation is 1. The molecule has 3 rings (SSSR count). The number of thiazole rings is 1. The summed E-state index contributed by atoms with van der Waals surface area (Å²) in [7, 11) is 3.52. The normalized spacial score (nSPS) is 11.3. The molecule has 0 spiro atoms. The van der Waals surface area contributed by atoms with E-state index in [4.69, 9.17) is 4.98 Å². The molecule has 0 saturated carbocycles. The van der Waals surface area contributed by atoms with Crippen molar-refractivity contribution in [2.45, 2.75) is 20.4 Å². The zero-order valence-corrected chi connectivity index (χ0v) is 16.9. The number of carbonyl (C=O) groups is 1. The molecule has 3 aromatic rings. The molecular weight excluding hydrogens is 356 g/mol. The Balaban J connectivity index is 2.09. The van der Waals surface area contributed by atoms with Crippen LogP contribution in [0, 0.1) is 6.92 Å². The van der Waals surface area contributed by atoms with E-state index in [1.807, 2.05) is 48.6 Å². The van der Waals surface area contributed by atoms with Crippen LogP contribution in [-0.2, 0) is 6.54 Å². The van der Waals surface area contributed by atoms with Crippen molar-refractivity contribution >= 4 is 33.6 Å². The van der Waals surface area contributed by atoms with Crippen molar-refractivity contribution in [3.63, 3.8) is 0 Å². The Bertz CT molecular complexity index is 1010. The summed E-state index contributed by atoms with van der Waals surface area (Å²) < 4.78 is 2.02. The van der Waals surface area contributed by atoms with Crippen molar-refractivity contribution in [2.24, 2.45) is 0 Å². The molecule has 0 fully saturated rings. The number of anilines is 1. The van der Waals surface area contributed by atoms with Gasteiger partial charge in [0.05, 0.1) is 0 Å². The number of fused-ring (bicyclic) bond motifs is 1. The maximum absolute atomic E-state index is 12.5. The van der Waals surface area contributed by atoms with E-state index in [-0.39, 0.29) is 5.91 Å². The van der Waals surface area contributed by atoms with Crippen LogP contribution in [0.25, 0.3) is 10.5 Å². The van der Waals surface area contributed by atoms with Crippen LogP contribution in [0.5, 0.6) is 0 Å². The highest BCUT2D eigenvalue weighted by atomic mass is 32.1. The molecule has 140 valence electrons. The molecule has 1 aromatic carbocycles. The molecule has 0 radical (unpaired) electrons. The average molecular weight is 381 g/mol. The Hall–Kier alpha value is -2.86. The molecule has 27 heavy (non-hydrogen) atoms. The van der Waals surface area contributed by atoms with Crippen LogP contribution in [0.4, 0.5) is 5.82 Å². The average Bonchev–Trinajstić information content (AvgIpc) is 3.17. The smallest absolute Gasteiger partial charge is 0.265 e. The van der Waals surface area contributed by atoms with Crippen LogP contribution in [0.3, 0.4) is 0 Å². The molecule has 5 nitrogen and oxygen atoms in total. The largest absolute Gasteiger partial charge is 0.365 e. The summed E-state index contributed by atoms with van der Waals surface area (Å²) in [6, 6.07) is 10.2. The number of allylic oxidation sites excluding steroid dienone is 3. The van der Waals surface area contributed by atoms with Crippen molar-refractivity contribution in [1.29, 1.82) is 0 Å². The van der Waals surface area contributed by atoms with Crippen LogP contribution in [-0.4, -0.2) is 34.3 Å². The van der Waals surface area contributed by atoms with Crippen molar-refractivity contribution in [1.82, 2.24) is 14.3 Å². The molecule has 0 aliphatic carbocycles. The fraction of sp³-hybridized carbons (Fsp3) is 0.238.